The van der Waals surface area contributed by atoms with Crippen molar-refractivity contribution in [2.75, 3.05) is 0 Å². The maximum absolute atomic E-state index is 12.9. The molecule has 0 aromatic heterocycles. The zero-order chi connectivity index (χ0) is 16.8. The lowest BCUT2D eigenvalue weighted by molar-refractivity contribution is 0.187. The van der Waals surface area contributed by atoms with Crippen molar-refractivity contribution in [2.24, 2.45) is 17.8 Å². The van der Waals surface area contributed by atoms with Crippen molar-refractivity contribution in [3.8, 4) is 11.8 Å². The monoisotopic (exact) mass is 324 g/mol. The van der Waals surface area contributed by atoms with E-state index in [1.807, 2.05) is 0 Å². The Morgan fingerprint density at radius 2 is 1.71 bits per heavy atom. The molecule has 1 aromatic rings. The first-order valence-corrected chi connectivity index (χ1v) is 9.71. The van der Waals surface area contributed by atoms with E-state index >= 15 is 0 Å². The van der Waals surface area contributed by atoms with Crippen molar-refractivity contribution in [3.05, 3.63) is 47.3 Å². The highest BCUT2D eigenvalue weighted by atomic mass is 19.1. The zero-order valence-corrected chi connectivity index (χ0v) is 14.9. The molecular weight excluding hydrogens is 295 g/mol. The van der Waals surface area contributed by atoms with E-state index in [9.17, 15) is 4.39 Å². The summed E-state index contributed by atoms with van der Waals surface area (Å²) < 4.78 is 12.9. The molecule has 2 aliphatic rings. The van der Waals surface area contributed by atoms with Crippen LogP contribution in [0.4, 0.5) is 4.39 Å². The summed E-state index contributed by atoms with van der Waals surface area (Å²) in [6, 6.07) is 6.46. The molecule has 0 N–H and O–H groups in total. The second-order valence-corrected chi connectivity index (χ2v) is 7.59. The Labute approximate surface area is 146 Å². The summed E-state index contributed by atoms with van der Waals surface area (Å²) >= 11 is 0. The van der Waals surface area contributed by atoms with Crippen LogP contribution >= 0.6 is 0 Å². The molecule has 1 heteroatoms. The molecule has 0 saturated heterocycles. The second kappa shape index (κ2) is 8.52. The standard InChI is InChI=1S/C23H29F/c1-2-3-18-6-12-21(13-7-18)22-14-8-19(9-15-22)4-5-20-10-16-23(24)17-11-20/h8,10-11,16-18,21-22H,2-3,6-7,9,12-15H2,1H3. The van der Waals surface area contributed by atoms with Crippen molar-refractivity contribution in [1.29, 1.82) is 0 Å². The van der Waals surface area contributed by atoms with Gasteiger partial charge in [-0.2, -0.15) is 0 Å². The third-order valence-electron chi connectivity index (χ3n) is 5.92. The molecule has 1 atom stereocenters. The molecule has 24 heavy (non-hydrogen) atoms. The average molecular weight is 324 g/mol. The first-order valence-electron chi connectivity index (χ1n) is 9.71. The Morgan fingerprint density at radius 1 is 0.958 bits per heavy atom. The summed E-state index contributed by atoms with van der Waals surface area (Å²) in [4.78, 5) is 0. The van der Waals surface area contributed by atoms with Gasteiger partial charge in [0.15, 0.2) is 0 Å². The van der Waals surface area contributed by atoms with Gasteiger partial charge in [0.1, 0.15) is 5.82 Å². The molecule has 0 bridgehead atoms. The van der Waals surface area contributed by atoms with Crippen molar-refractivity contribution >= 4 is 0 Å². The van der Waals surface area contributed by atoms with Crippen LogP contribution in [0.3, 0.4) is 0 Å². The lowest BCUT2D eigenvalue weighted by atomic mass is 9.71. The minimum absolute atomic E-state index is 0.200. The number of hydrogen-bond acceptors (Lipinski definition) is 0. The number of hydrogen-bond donors (Lipinski definition) is 0. The van der Waals surface area contributed by atoms with Gasteiger partial charge < -0.3 is 0 Å². The third kappa shape index (κ3) is 4.73. The maximum Gasteiger partial charge on any atom is 0.123 e. The fourth-order valence-electron chi connectivity index (χ4n) is 4.44. The van der Waals surface area contributed by atoms with Gasteiger partial charge in [-0.15, -0.1) is 0 Å². The highest BCUT2D eigenvalue weighted by Gasteiger charge is 2.28. The Bertz CT molecular complexity index is 606. The highest BCUT2D eigenvalue weighted by Crippen LogP contribution is 2.40. The first-order chi connectivity index (χ1) is 11.7. The fraction of sp³-hybridized carbons (Fsp3) is 0.565. The van der Waals surface area contributed by atoms with E-state index in [1.165, 1.54) is 69.1 Å². The van der Waals surface area contributed by atoms with Gasteiger partial charge in [0.05, 0.1) is 0 Å². The topological polar surface area (TPSA) is 0 Å². The van der Waals surface area contributed by atoms with Gasteiger partial charge in [-0.1, -0.05) is 50.5 Å². The molecule has 1 saturated carbocycles. The normalized spacial score (nSPS) is 27.1. The molecule has 2 aliphatic carbocycles. The van der Waals surface area contributed by atoms with Gasteiger partial charge in [-0.25, -0.2) is 4.39 Å². The van der Waals surface area contributed by atoms with Crippen LogP contribution in [-0.2, 0) is 0 Å². The lowest BCUT2D eigenvalue weighted by Gasteiger charge is -2.35. The van der Waals surface area contributed by atoms with E-state index in [1.54, 1.807) is 12.1 Å². The van der Waals surface area contributed by atoms with E-state index in [0.717, 1.165) is 29.7 Å². The van der Waals surface area contributed by atoms with Crippen LogP contribution in [0.5, 0.6) is 0 Å². The molecule has 0 amide bonds. The molecule has 1 aromatic carbocycles. The van der Waals surface area contributed by atoms with Crippen LogP contribution in [-0.4, -0.2) is 0 Å². The van der Waals surface area contributed by atoms with Gasteiger partial charge in [-0.05, 0) is 79.7 Å². The second-order valence-electron chi connectivity index (χ2n) is 7.59. The van der Waals surface area contributed by atoms with Crippen molar-refractivity contribution < 1.29 is 4.39 Å². The summed E-state index contributed by atoms with van der Waals surface area (Å²) in [5.41, 5.74) is 2.17. The molecule has 0 aliphatic heterocycles. The summed E-state index contributed by atoms with van der Waals surface area (Å²) in [6.45, 7) is 2.31. The molecular formula is C23H29F. The third-order valence-corrected chi connectivity index (χ3v) is 5.92. The zero-order valence-electron chi connectivity index (χ0n) is 14.9. The molecule has 1 unspecified atom stereocenters. The van der Waals surface area contributed by atoms with E-state index in [0.29, 0.717) is 0 Å². The van der Waals surface area contributed by atoms with Gasteiger partial charge >= 0.3 is 0 Å². The fourth-order valence-corrected chi connectivity index (χ4v) is 4.44. The molecule has 0 heterocycles. The molecule has 3 rings (SSSR count). The van der Waals surface area contributed by atoms with Crippen LogP contribution in [0.1, 0.15) is 70.3 Å². The Hall–Kier alpha value is -1.55. The summed E-state index contributed by atoms with van der Waals surface area (Å²) in [6.07, 6.45) is 14.6. The largest absolute Gasteiger partial charge is 0.207 e. The predicted octanol–water partition coefficient (Wildman–Crippen LogP) is 6.51. The number of halogens is 1. The summed E-state index contributed by atoms with van der Waals surface area (Å²) in [5.74, 6) is 9.09. The van der Waals surface area contributed by atoms with Crippen molar-refractivity contribution in [3.63, 3.8) is 0 Å². The average Bonchev–Trinajstić information content (AvgIpc) is 2.63. The van der Waals surface area contributed by atoms with Crippen LogP contribution < -0.4 is 0 Å². The van der Waals surface area contributed by atoms with E-state index in [4.69, 9.17) is 0 Å². The molecule has 0 nitrogen and oxygen atoms in total. The summed E-state index contributed by atoms with van der Waals surface area (Å²) in [7, 11) is 0. The number of rotatable bonds is 3. The minimum atomic E-state index is -0.200. The smallest absolute Gasteiger partial charge is 0.123 e. The lowest BCUT2D eigenvalue weighted by Crippen LogP contribution is -2.23. The van der Waals surface area contributed by atoms with Gasteiger partial charge in [0.2, 0.25) is 0 Å². The van der Waals surface area contributed by atoms with E-state index in [2.05, 4.69) is 24.8 Å². The van der Waals surface area contributed by atoms with Crippen LogP contribution in [0.15, 0.2) is 35.9 Å². The molecule has 0 radical (unpaired) electrons. The van der Waals surface area contributed by atoms with Gasteiger partial charge in [0, 0.05) is 5.56 Å². The quantitative estimate of drug-likeness (QED) is 0.556. The SMILES string of the molecule is CCCC1CCC(C2CC=C(C#Cc3ccc(F)cc3)CC2)CC1. The van der Waals surface area contributed by atoms with Crippen LogP contribution in [0, 0.1) is 35.4 Å². The number of allylic oxidation sites excluding steroid dienone is 2. The minimum Gasteiger partial charge on any atom is -0.207 e. The van der Waals surface area contributed by atoms with Gasteiger partial charge in [0.25, 0.3) is 0 Å². The first kappa shape index (κ1) is 17.3. The highest BCUT2D eigenvalue weighted by molar-refractivity contribution is 5.41. The Kier molecular flexibility index (Phi) is 6.13. The van der Waals surface area contributed by atoms with Gasteiger partial charge in [-0.3, -0.25) is 0 Å². The number of benzene rings is 1. The van der Waals surface area contributed by atoms with E-state index in [-0.39, 0.29) is 5.82 Å². The predicted molar refractivity (Wildman–Crippen MR) is 99.1 cm³/mol. The van der Waals surface area contributed by atoms with Crippen LogP contribution in [0.25, 0.3) is 0 Å². The summed E-state index contributed by atoms with van der Waals surface area (Å²) in [5, 5.41) is 0. The molecule has 128 valence electrons. The van der Waals surface area contributed by atoms with Crippen molar-refractivity contribution in [1.82, 2.24) is 0 Å². The van der Waals surface area contributed by atoms with Crippen molar-refractivity contribution in [2.45, 2.75) is 64.7 Å². The molecule has 1 fully saturated rings. The van der Waals surface area contributed by atoms with Crippen LogP contribution in [0.2, 0.25) is 0 Å². The van der Waals surface area contributed by atoms with E-state index < -0.39 is 0 Å². The molecule has 0 spiro atoms. The Balaban J connectivity index is 1.51. The Morgan fingerprint density at radius 3 is 2.33 bits per heavy atom. The maximum atomic E-state index is 12.9.